The number of aromatic nitrogens is 1. The van der Waals surface area contributed by atoms with Crippen molar-refractivity contribution in [3.8, 4) is 0 Å². The quantitative estimate of drug-likeness (QED) is 0.468. The SMILES string of the molecule is COCCOC(=O)C(C)n1cc(C=O)c2cc(Cl)ccc21. The Morgan fingerprint density at radius 3 is 2.86 bits per heavy atom. The van der Waals surface area contributed by atoms with E-state index in [1.165, 1.54) is 7.11 Å². The highest BCUT2D eigenvalue weighted by Crippen LogP contribution is 2.27. The molecule has 0 amide bonds. The first kappa shape index (κ1) is 15.5. The van der Waals surface area contributed by atoms with E-state index in [9.17, 15) is 9.59 Å². The van der Waals surface area contributed by atoms with Crippen molar-refractivity contribution in [2.75, 3.05) is 20.3 Å². The van der Waals surface area contributed by atoms with E-state index < -0.39 is 6.04 Å². The van der Waals surface area contributed by atoms with Crippen LogP contribution in [0.2, 0.25) is 5.02 Å². The van der Waals surface area contributed by atoms with E-state index in [0.29, 0.717) is 22.6 Å². The van der Waals surface area contributed by atoms with Gasteiger partial charge in [0, 0.05) is 34.8 Å². The van der Waals surface area contributed by atoms with Gasteiger partial charge < -0.3 is 14.0 Å². The molecule has 0 spiro atoms. The summed E-state index contributed by atoms with van der Waals surface area (Å²) in [5, 5.41) is 1.26. The first-order chi connectivity index (χ1) is 10.1. The third-order valence-electron chi connectivity index (χ3n) is 3.24. The van der Waals surface area contributed by atoms with Gasteiger partial charge in [0.15, 0.2) is 6.29 Å². The van der Waals surface area contributed by atoms with Crippen molar-refractivity contribution in [2.24, 2.45) is 0 Å². The van der Waals surface area contributed by atoms with Crippen LogP contribution in [-0.2, 0) is 14.3 Å². The van der Waals surface area contributed by atoms with Gasteiger partial charge in [-0.2, -0.15) is 0 Å². The van der Waals surface area contributed by atoms with Crippen LogP contribution in [0.25, 0.3) is 10.9 Å². The molecular formula is C15H16ClNO4. The molecule has 112 valence electrons. The number of nitrogens with zero attached hydrogens (tertiary/aromatic N) is 1. The second-order valence-electron chi connectivity index (χ2n) is 4.61. The zero-order valence-electron chi connectivity index (χ0n) is 11.8. The molecule has 2 aromatic rings. The molecule has 1 atom stereocenters. The molecule has 1 heterocycles. The van der Waals surface area contributed by atoms with Crippen molar-refractivity contribution >= 4 is 34.8 Å². The first-order valence-corrected chi connectivity index (χ1v) is 6.87. The van der Waals surface area contributed by atoms with Crippen molar-refractivity contribution in [1.29, 1.82) is 0 Å². The Morgan fingerprint density at radius 2 is 2.19 bits per heavy atom. The van der Waals surface area contributed by atoms with E-state index in [2.05, 4.69) is 0 Å². The maximum Gasteiger partial charge on any atom is 0.328 e. The van der Waals surface area contributed by atoms with E-state index >= 15 is 0 Å². The molecule has 1 unspecified atom stereocenters. The maximum atomic E-state index is 12.0. The maximum absolute atomic E-state index is 12.0. The van der Waals surface area contributed by atoms with E-state index in [1.807, 2.05) is 0 Å². The molecule has 0 aliphatic heterocycles. The number of hydrogen-bond donors (Lipinski definition) is 0. The number of ether oxygens (including phenoxy) is 2. The molecule has 1 aromatic heterocycles. The van der Waals surface area contributed by atoms with Crippen molar-refractivity contribution in [2.45, 2.75) is 13.0 Å². The number of carbonyl (C=O) groups excluding carboxylic acids is 2. The summed E-state index contributed by atoms with van der Waals surface area (Å²) in [6.45, 7) is 2.27. The average molecular weight is 310 g/mol. The van der Waals surface area contributed by atoms with Crippen molar-refractivity contribution in [3.63, 3.8) is 0 Å². The predicted octanol–water partition coefficient (Wildman–Crippen LogP) is 2.86. The molecule has 0 bridgehead atoms. The first-order valence-electron chi connectivity index (χ1n) is 6.49. The van der Waals surface area contributed by atoms with E-state index in [1.54, 1.807) is 35.9 Å². The van der Waals surface area contributed by atoms with Gasteiger partial charge in [0.25, 0.3) is 0 Å². The Bertz CT molecular complexity index is 665. The molecule has 0 radical (unpaired) electrons. The third kappa shape index (κ3) is 3.25. The molecule has 5 nitrogen and oxygen atoms in total. The lowest BCUT2D eigenvalue weighted by Crippen LogP contribution is -2.20. The van der Waals surface area contributed by atoms with E-state index in [0.717, 1.165) is 11.8 Å². The normalized spacial score (nSPS) is 12.3. The van der Waals surface area contributed by atoms with Crippen molar-refractivity contribution in [3.05, 3.63) is 35.0 Å². The number of carbonyl (C=O) groups is 2. The number of rotatable bonds is 6. The smallest absolute Gasteiger partial charge is 0.328 e. The van der Waals surface area contributed by atoms with Gasteiger partial charge in [-0.05, 0) is 25.1 Å². The zero-order valence-corrected chi connectivity index (χ0v) is 12.6. The van der Waals surface area contributed by atoms with Gasteiger partial charge in [0.1, 0.15) is 12.6 Å². The minimum absolute atomic E-state index is 0.200. The molecule has 2 rings (SSSR count). The zero-order chi connectivity index (χ0) is 15.4. The van der Waals surface area contributed by atoms with Gasteiger partial charge in [-0.1, -0.05) is 11.6 Å². The number of benzene rings is 1. The highest BCUT2D eigenvalue weighted by molar-refractivity contribution is 6.31. The van der Waals surface area contributed by atoms with E-state index in [4.69, 9.17) is 21.1 Å². The van der Waals surface area contributed by atoms with Gasteiger partial charge in [-0.3, -0.25) is 4.79 Å². The van der Waals surface area contributed by atoms with Gasteiger partial charge in [0.2, 0.25) is 0 Å². The fourth-order valence-corrected chi connectivity index (χ4v) is 2.30. The fraction of sp³-hybridized carbons (Fsp3) is 0.333. The number of methoxy groups -OCH3 is 1. The predicted molar refractivity (Wildman–Crippen MR) is 79.9 cm³/mol. The van der Waals surface area contributed by atoms with Crippen LogP contribution in [0.1, 0.15) is 23.3 Å². The highest BCUT2D eigenvalue weighted by Gasteiger charge is 2.20. The van der Waals surface area contributed by atoms with Crippen LogP contribution in [0.5, 0.6) is 0 Å². The van der Waals surface area contributed by atoms with Crippen LogP contribution in [0.3, 0.4) is 0 Å². The molecule has 21 heavy (non-hydrogen) atoms. The number of aldehydes is 1. The number of fused-ring (bicyclic) bond motifs is 1. The monoisotopic (exact) mass is 309 g/mol. The number of esters is 1. The summed E-state index contributed by atoms with van der Waals surface area (Å²) < 4.78 is 11.7. The summed E-state index contributed by atoms with van der Waals surface area (Å²) in [4.78, 5) is 23.2. The molecule has 0 N–H and O–H groups in total. The van der Waals surface area contributed by atoms with E-state index in [-0.39, 0.29) is 12.6 Å². The third-order valence-corrected chi connectivity index (χ3v) is 3.48. The summed E-state index contributed by atoms with van der Waals surface area (Å²) >= 11 is 5.95. The second-order valence-corrected chi connectivity index (χ2v) is 5.04. The van der Waals surface area contributed by atoms with Crippen LogP contribution < -0.4 is 0 Å². The molecule has 0 aliphatic carbocycles. The summed E-state index contributed by atoms with van der Waals surface area (Å²) in [6.07, 6.45) is 2.38. The Balaban J connectivity index is 2.33. The Morgan fingerprint density at radius 1 is 1.43 bits per heavy atom. The van der Waals surface area contributed by atoms with Gasteiger partial charge in [-0.25, -0.2) is 4.79 Å². The highest BCUT2D eigenvalue weighted by atomic mass is 35.5. The minimum atomic E-state index is -0.542. The molecule has 0 fully saturated rings. The van der Waals surface area contributed by atoms with Gasteiger partial charge in [-0.15, -0.1) is 0 Å². The lowest BCUT2D eigenvalue weighted by molar-refractivity contribution is -0.148. The molecule has 6 heteroatoms. The molecular weight excluding hydrogens is 294 g/mol. The lowest BCUT2D eigenvalue weighted by Gasteiger charge is -2.14. The van der Waals surface area contributed by atoms with Crippen LogP contribution in [0.15, 0.2) is 24.4 Å². The van der Waals surface area contributed by atoms with Crippen molar-refractivity contribution in [1.82, 2.24) is 4.57 Å². The number of hydrogen-bond acceptors (Lipinski definition) is 4. The molecule has 0 saturated heterocycles. The largest absolute Gasteiger partial charge is 0.462 e. The minimum Gasteiger partial charge on any atom is -0.462 e. The summed E-state index contributed by atoms with van der Waals surface area (Å²) in [5.41, 5.74) is 1.25. The summed E-state index contributed by atoms with van der Waals surface area (Å²) in [6, 6.07) is 4.67. The molecule has 0 saturated carbocycles. The number of halogens is 1. The Hall–Kier alpha value is -1.85. The molecule has 0 aliphatic rings. The lowest BCUT2D eigenvalue weighted by atomic mass is 10.2. The average Bonchev–Trinajstić information content (AvgIpc) is 2.84. The topological polar surface area (TPSA) is 57.5 Å². The Kier molecular flexibility index (Phi) is 4.98. The van der Waals surface area contributed by atoms with Crippen molar-refractivity contribution < 1.29 is 19.1 Å². The summed E-state index contributed by atoms with van der Waals surface area (Å²) in [7, 11) is 1.54. The molecule has 1 aromatic carbocycles. The van der Waals surface area contributed by atoms with Crippen LogP contribution in [-0.4, -0.2) is 37.1 Å². The summed E-state index contributed by atoms with van der Waals surface area (Å²) in [5.74, 6) is -0.378. The van der Waals surface area contributed by atoms with Gasteiger partial charge in [0.05, 0.1) is 6.61 Å². The van der Waals surface area contributed by atoms with Crippen LogP contribution in [0.4, 0.5) is 0 Å². The standard InChI is InChI=1S/C15H16ClNO4/c1-10(15(19)21-6-5-20-2)17-8-11(9-18)13-7-12(16)3-4-14(13)17/h3-4,7-10H,5-6H2,1-2H3. The van der Waals surface area contributed by atoms with Crippen LogP contribution in [0, 0.1) is 0 Å². The van der Waals surface area contributed by atoms with Crippen LogP contribution >= 0.6 is 11.6 Å². The second kappa shape index (κ2) is 6.74. The Labute approximate surface area is 127 Å². The van der Waals surface area contributed by atoms with Gasteiger partial charge >= 0.3 is 5.97 Å². The fourth-order valence-electron chi connectivity index (χ4n) is 2.13.